The smallest absolute Gasteiger partial charge is 0.227 e. The van der Waals surface area contributed by atoms with Crippen LogP contribution in [0.15, 0.2) is 30.3 Å². The Morgan fingerprint density at radius 2 is 1.81 bits per heavy atom. The van der Waals surface area contributed by atoms with E-state index in [-0.39, 0.29) is 11.3 Å². The molecule has 1 aromatic rings. The maximum Gasteiger partial charge on any atom is 0.227 e. The average molecular weight is 288 g/mol. The van der Waals surface area contributed by atoms with Crippen molar-refractivity contribution in [3.8, 4) is 0 Å². The zero-order valence-electron chi connectivity index (χ0n) is 13.6. The molecule has 3 nitrogen and oxygen atoms in total. The van der Waals surface area contributed by atoms with E-state index in [1.807, 2.05) is 25.7 Å². The van der Waals surface area contributed by atoms with Crippen LogP contribution in [0.4, 0.5) is 0 Å². The monoisotopic (exact) mass is 288 g/mol. The number of benzene rings is 1. The van der Waals surface area contributed by atoms with Crippen molar-refractivity contribution in [1.82, 2.24) is 10.2 Å². The molecule has 116 valence electrons. The fraction of sp³-hybridized carbons (Fsp3) is 0.611. The summed E-state index contributed by atoms with van der Waals surface area (Å²) >= 11 is 0. The summed E-state index contributed by atoms with van der Waals surface area (Å²) in [5, 5.41) is 3.63. The molecular weight excluding hydrogens is 260 g/mol. The minimum Gasteiger partial charge on any atom is -0.342 e. The molecule has 1 aliphatic rings. The highest BCUT2D eigenvalue weighted by Crippen LogP contribution is 2.20. The van der Waals surface area contributed by atoms with Gasteiger partial charge in [0.2, 0.25) is 5.91 Å². The summed E-state index contributed by atoms with van der Waals surface area (Å²) in [6.45, 7) is 8.79. The summed E-state index contributed by atoms with van der Waals surface area (Å²) in [7, 11) is 0. The van der Waals surface area contributed by atoms with Crippen LogP contribution in [0.25, 0.3) is 0 Å². The van der Waals surface area contributed by atoms with E-state index in [4.69, 9.17) is 0 Å². The Bertz CT molecular complexity index is 442. The van der Waals surface area contributed by atoms with Crippen LogP contribution in [0.1, 0.15) is 39.2 Å². The van der Waals surface area contributed by atoms with Crippen LogP contribution < -0.4 is 5.32 Å². The van der Waals surface area contributed by atoms with E-state index < -0.39 is 0 Å². The van der Waals surface area contributed by atoms with Gasteiger partial charge in [-0.1, -0.05) is 51.1 Å². The lowest BCUT2D eigenvalue weighted by Gasteiger charge is -2.36. The van der Waals surface area contributed by atoms with Crippen molar-refractivity contribution in [2.24, 2.45) is 5.41 Å². The van der Waals surface area contributed by atoms with E-state index in [0.29, 0.717) is 6.04 Å². The van der Waals surface area contributed by atoms with E-state index in [2.05, 4.69) is 35.6 Å². The second-order valence-electron chi connectivity index (χ2n) is 7.01. The van der Waals surface area contributed by atoms with E-state index in [1.54, 1.807) is 0 Å². The van der Waals surface area contributed by atoms with Crippen LogP contribution in [0, 0.1) is 5.41 Å². The molecule has 3 heteroatoms. The number of hydrogen-bond acceptors (Lipinski definition) is 2. The average Bonchev–Trinajstić information content (AvgIpc) is 2.47. The molecule has 1 amide bonds. The number of amides is 1. The Kier molecular flexibility index (Phi) is 5.40. The lowest BCUT2D eigenvalue weighted by molar-refractivity contribution is -0.140. The number of carbonyl (C=O) groups excluding carboxylic acids is 1. The lowest BCUT2D eigenvalue weighted by Crippen LogP contribution is -2.48. The first kappa shape index (κ1) is 16.0. The van der Waals surface area contributed by atoms with Gasteiger partial charge in [-0.25, -0.2) is 0 Å². The van der Waals surface area contributed by atoms with Gasteiger partial charge in [-0.15, -0.1) is 0 Å². The highest BCUT2D eigenvalue weighted by molar-refractivity contribution is 5.81. The second-order valence-corrected chi connectivity index (χ2v) is 7.01. The summed E-state index contributed by atoms with van der Waals surface area (Å²) in [4.78, 5) is 14.3. The quantitative estimate of drug-likeness (QED) is 0.924. The predicted molar refractivity (Wildman–Crippen MR) is 87.2 cm³/mol. The van der Waals surface area contributed by atoms with Crippen LogP contribution in [-0.2, 0) is 11.2 Å². The minimum absolute atomic E-state index is 0.256. The van der Waals surface area contributed by atoms with Gasteiger partial charge in [0, 0.05) is 24.5 Å². The number of rotatable bonds is 4. The van der Waals surface area contributed by atoms with Crippen LogP contribution in [0.3, 0.4) is 0 Å². The maximum atomic E-state index is 12.2. The van der Waals surface area contributed by atoms with E-state index in [9.17, 15) is 4.79 Å². The van der Waals surface area contributed by atoms with Gasteiger partial charge >= 0.3 is 0 Å². The van der Waals surface area contributed by atoms with E-state index >= 15 is 0 Å². The van der Waals surface area contributed by atoms with Crippen molar-refractivity contribution in [2.45, 2.75) is 46.1 Å². The minimum atomic E-state index is -0.256. The third-order valence-electron chi connectivity index (χ3n) is 4.11. The molecule has 0 bridgehead atoms. The highest BCUT2D eigenvalue weighted by atomic mass is 16.2. The van der Waals surface area contributed by atoms with Gasteiger partial charge < -0.3 is 10.2 Å². The molecule has 1 heterocycles. The summed E-state index contributed by atoms with van der Waals surface area (Å²) in [6.07, 6.45) is 3.20. The van der Waals surface area contributed by atoms with Crippen molar-refractivity contribution in [3.05, 3.63) is 35.9 Å². The van der Waals surface area contributed by atoms with E-state index in [1.165, 1.54) is 5.56 Å². The van der Waals surface area contributed by atoms with Crippen LogP contribution in [0.2, 0.25) is 0 Å². The fourth-order valence-electron chi connectivity index (χ4n) is 2.83. The molecule has 0 saturated carbocycles. The Morgan fingerprint density at radius 3 is 2.38 bits per heavy atom. The maximum absolute atomic E-state index is 12.2. The van der Waals surface area contributed by atoms with E-state index in [0.717, 1.165) is 38.9 Å². The molecule has 1 aromatic carbocycles. The molecule has 1 fully saturated rings. The molecule has 0 radical (unpaired) electrons. The molecule has 0 atom stereocenters. The predicted octanol–water partition coefficient (Wildman–Crippen LogP) is 2.86. The summed E-state index contributed by atoms with van der Waals surface area (Å²) in [6, 6.07) is 11.1. The van der Waals surface area contributed by atoms with Crippen LogP contribution in [-0.4, -0.2) is 36.5 Å². The molecule has 2 rings (SSSR count). The highest BCUT2D eigenvalue weighted by Gasteiger charge is 2.29. The first-order valence-electron chi connectivity index (χ1n) is 8.03. The van der Waals surface area contributed by atoms with Gasteiger partial charge in [0.1, 0.15) is 0 Å². The number of hydrogen-bond donors (Lipinski definition) is 1. The molecule has 1 aliphatic heterocycles. The number of nitrogens with zero attached hydrogens (tertiary/aromatic N) is 1. The van der Waals surface area contributed by atoms with Gasteiger partial charge in [0.15, 0.2) is 0 Å². The standard InChI is InChI=1S/C18H28N2O/c1-18(2,3)17(21)20-13-10-16(11-14-20)19-12-9-15-7-5-4-6-8-15/h4-8,16,19H,9-14H2,1-3H3. The summed E-state index contributed by atoms with van der Waals surface area (Å²) in [5.41, 5.74) is 1.12. The number of nitrogens with one attached hydrogen (secondary N) is 1. The molecule has 1 saturated heterocycles. The Labute approximate surface area is 128 Å². The fourth-order valence-corrected chi connectivity index (χ4v) is 2.83. The van der Waals surface area contributed by atoms with Gasteiger partial charge in [-0.05, 0) is 31.4 Å². The Balaban J connectivity index is 1.69. The zero-order chi connectivity index (χ0) is 15.3. The van der Waals surface area contributed by atoms with Crippen molar-refractivity contribution >= 4 is 5.91 Å². The number of carbonyl (C=O) groups is 1. The van der Waals surface area contributed by atoms with Gasteiger partial charge in [-0.3, -0.25) is 4.79 Å². The summed E-state index contributed by atoms with van der Waals surface area (Å²) in [5.74, 6) is 0.283. The van der Waals surface area contributed by atoms with Gasteiger partial charge in [-0.2, -0.15) is 0 Å². The van der Waals surface area contributed by atoms with Gasteiger partial charge in [0.25, 0.3) is 0 Å². The molecular formula is C18H28N2O. The lowest BCUT2D eigenvalue weighted by atomic mass is 9.93. The van der Waals surface area contributed by atoms with Crippen molar-refractivity contribution in [2.75, 3.05) is 19.6 Å². The molecule has 0 unspecified atom stereocenters. The first-order valence-corrected chi connectivity index (χ1v) is 8.03. The number of likely N-dealkylation sites (tertiary alicyclic amines) is 1. The number of piperidine rings is 1. The second kappa shape index (κ2) is 7.08. The SMILES string of the molecule is CC(C)(C)C(=O)N1CCC(NCCc2ccccc2)CC1. The molecule has 21 heavy (non-hydrogen) atoms. The van der Waals surface area contributed by atoms with Crippen molar-refractivity contribution in [1.29, 1.82) is 0 Å². The van der Waals surface area contributed by atoms with Gasteiger partial charge in [0.05, 0.1) is 0 Å². The molecule has 1 N–H and O–H groups in total. The van der Waals surface area contributed by atoms with Crippen LogP contribution in [0.5, 0.6) is 0 Å². The zero-order valence-corrected chi connectivity index (χ0v) is 13.6. The van der Waals surface area contributed by atoms with Crippen molar-refractivity contribution in [3.63, 3.8) is 0 Å². The Hall–Kier alpha value is -1.35. The molecule has 0 spiro atoms. The normalized spacial score (nSPS) is 17.0. The molecule has 0 aromatic heterocycles. The third-order valence-corrected chi connectivity index (χ3v) is 4.11. The topological polar surface area (TPSA) is 32.3 Å². The first-order chi connectivity index (χ1) is 9.97. The Morgan fingerprint density at radius 1 is 1.19 bits per heavy atom. The largest absolute Gasteiger partial charge is 0.342 e. The molecule has 0 aliphatic carbocycles. The summed E-state index contributed by atoms with van der Waals surface area (Å²) < 4.78 is 0. The third kappa shape index (κ3) is 4.85. The van der Waals surface area contributed by atoms with Crippen LogP contribution >= 0.6 is 0 Å². The van der Waals surface area contributed by atoms with Crippen molar-refractivity contribution < 1.29 is 4.79 Å².